The highest BCUT2D eigenvalue weighted by Crippen LogP contribution is 2.20. The number of amides is 1. The third-order valence-electron chi connectivity index (χ3n) is 4.92. The second-order valence-corrected chi connectivity index (χ2v) is 8.76. The van der Waals surface area contributed by atoms with Gasteiger partial charge < -0.3 is 10.6 Å². The monoisotopic (exact) mass is 423 g/mol. The van der Waals surface area contributed by atoms with E-state index < -0.39 is 10.0 Å². The predicted molar refractivity (Wildman–Crippen MR) is 114 cm³/mol. The number of sulfonamides is 1. The number of likely N-dealkylation sites (tertiary alicyclic amines) is 1. The van der Waals surface area contributed by atoms with Gasteiger partial charge in [0, 0.05) is 30.4 Å². The summed E-state index contributed by atoms with van der Waals surface area (Å²) in [7, 11) is -3.71. The highest BCUT2D eigenvalue weighted by atomic mass is 35.5. The van der Waals surface area contributed by atoms with Crippen LogP contribution in [0.25, 0.3) is 0 Å². The summed E-state index contributed by atoms with van der Waals surface area (Å²) in [5.41, 5.74) is 9.02. The Bertz CT molecular complexity index is 946. The van der Waals surface area contributed by atoms with Crippen molar-refractivity contribution in [2.24, 2.45) is 5.73 Å². The largest absolute Gasteiger partial charge is 0.337 e. The van der Waals surface area contributed by atoms with Gasteiger partial charge in [0.1, 0.15) is 0 Å². The molecule has 28 heavy (non-hydrogen) atoms. The van der Waals surface area contributed by atoms with E-state index in [1.54, 1.807) is 29.2 Å². The van der Waals surface area contributed by atoms with Crippen molar-refractivity contribution in [2.75, 3.05) is 17.8 Å². The Kier molecular flexibility index (Phi) is 7.09. The standard InChI is InChI=1S/C20H25N3O3S.ClH/c1-14-5-8-18(12-15(14)2)22-27(25,26)19-9-6-16(7-10-19)20(24)23-11-3-4-17(21)13-23;/h5-10,12,17,22H,3-4,11,13,21H2,1-2H3;1H. The Morgan fingerprint density at radius 1 is 1.11 bits per heavy atom. The van der Waals surface area contributed by atoms with E-state index in [1.165, 1.54) is 12.1 Å². The lowest BCUT2D eigenvalue weighted by Crippen LogP contribution is -2.45. The number of anilines is 1. The maximum absolute atomic E-state index is 12.6. The van der Waals surface area contributed by atoms with Gasteiger partial charge in [0.05, 0.1) is 4.90 Å². The minimum atomic E-state index is -3.71. The predicted octanol–water partition coefficient (Wildman–Crippen LogP) is 3.09. The molecule has 1 amide bonds. The maximum Gasteiger partial charge on any atom is 0.261 e. The van der Waals surface area contributed by atoms with Crippen LogP contribution in [0.3, 0.4) is 0 Å². The fraction of sp³-hybridized carbons (Fsp3) is 0.350. The molecular weight excluding hydrogens is 398 g/mol. The molecule has 8 heteroatoms. The number of nitrogens with two attached hydrogens (primary N) is 1. The molecule has 1 heterocycles. The minimum Gasteiger partial charge on any atom is -0.337 e. The summed E-state index contributed by atoms with van der Waals surface area (Å²) in [6.45, 7) is 5.12. The van der Waals surface area contributed by atoms with Crippen molar-refractivity contribution in [3.05, 3.63) is 59.2 Å². The second-order valence-electron chi connectivity index (χ2n) is 7.08. The number of hydrogen-bond donors (Lipinski definition) is 2. The van der Waals surface area contributed by atoms with Crippen molar-refractivity contribution < 1.29 is 13.2 Å². The van der Waals surface area contributed by atoms with E-state index in [2.05, 4.69) is 4.72 Å². The Balaban J connectivity index is 0.00000280. The van der Waals surface area contributed by atoms with Crippen molar-refractivity contribution in [1.82, 2.24) is 4.90 Å². The van der Waals surface area contributed by atoms with Gasteiger partial charge in [-0.15, -0.1) is 12.4 Å². The van der Waals surface area contributed by atoms with Crippen molar-refractivity contribution in [3.63, 3.8) is 0 Å². The molecule has 152 valence electrons. The Morgan fingerprint density at radius 2 is 1.79 bits per heavy atom. The number of benzene rings is 2. The van der Waals surface area contributed by atoms with E-state index in [-0.39, 0.29) is 29.3 Å². The molecule has 0 aromatic heterocycles. The topological polar surface area (TPSA) is 92.5 Å². The normalized spacial score (nSPS) is 17.0. The number of carbonyl (C=O) groups is 1. The molecular formula is C20H26ClN3O3S. The lowest BCUT2D eigenvalue weighted by molar-refractivity contribution is 0.0708. The average molecular weight is 424 g/mol. The van der Waals surface area contributed by atoms with Gasteiger partial charge in [-0.3, -0.25) is 9.52 Å². The van der Waals surface area contributed by atoms with Crippen LogP contribution in [0.4, 0.5) is 5.69 Å². The number of halogens is 1. The number of aryl methyl sites for hydroxylation is 2. The summed E-state index contributed by atoms with van der Waals surface area (Å²) in [4.78, 5) is 14.4. The molecule has 2 aromatic rings. The maximum atomic E-state index is 12.6. The van der Waals surface area contributed by atoms with E-state index in [1.807, 2.05) is 19.9 Å². The Labute approximate surface area is 172 Å². The highest BCUT2D eigenvalue weighted by Gasteiger charge is 2.23. The van der Waals surface area contributed by atoms with E-state index in [4.69, 9.17) is 5.73 Å². The second kappa shape index (κ2) is 8.94. The van der Waals surface area contributed by atoms with Crippen LogP contribution < -0.4 is 10.5 Å². The fourth-order valence-electron chi connectivity index (χ4n) is 3.17. The molecule has 1 atom stereocenters. The molecule has 3 rings (SSSR count). The number of nitrogens with zero attached hydrogens (tertiary/aromatic N) is 1. The van der Waals surface area contributed by atoms with Gasteiger partial charge in [-0.2, -0.15) is 0 Å². The molecule has 1 aliphatic rings. The summed E-state index contributed by atoms with van der Waals surface area (Å²) in [6.07, 6.45) is 1.81. The summed E-state index contributed by atoms with van der Waals surface area (Å²) in [6, 6.07) is 11.4. The molecule has 0 radical (unpaired) electrons. The van der Waals surface area contributed by atoms with Crippen LogP contribution in [0.15, 0.2) is 47.4 Å². The molecule has 1 fully saturated rings. The molecule has 1 saturated heterocycles. The van der Waals surface area contributed by atoms with Gasteiger partial charge in [-0.05, 0) is 74.2 Å². The number of piperidine rings is 1. The fourth-order valence-corrected chi connectivity index (χ4v) is 4.22. The molecule has 0 aliphatic carbocycles. The quantitative estimate of drug-likeness (QED) is 0.790. The number of rotatable bonds is 4. The first-order valence-corrected chi connectivity index (χ1v) is 10.5. The minimum absolute atomic E-state index is 0. The van der Waals surface area contributed by atoms with Crippen LogP contribution in [0.1, 0.15) is 34.3 Å². The zero-order valence-corrected chi connectivity index (χ0v) is 17.6. The van der Waals surface area contributed by atoms with Crippen LogP contribution in [0, 0.1) is 13.8 Å². The van der Waals surface area contributed by atoms with Crippen LogP contribution in [0.2, 0.25) is 0 Å². The smallest absolute Gasteiger partial charge is 0.261 e. The van der Waals surface area contributed by atoms with Crippen LogP contribution in [-0.2, 0) is 10.0 Å². The van der Waals surface area contributed by atoms with Gasteiger partial charge in [0.2, 0.25) is 0 Å². The third kappa shape index (κ3) is 5.04. The summed E-state index contributed by atoms with van der Waals surface area (Å²) < 4.78 is 27.8. The lowest BCUT2D eigenvalue weighted by Gasteiger charge is -2.30. The van der Waals surface area contributed by atoms with Gasteiger partial charge >= 0.3 is 0 Å². The molecule has 2 aromatic carbocycles. The van der Waals surface area contributed by atoms with Crippen LogP contribution in [0.5, 0.6) is 0 Å². The molecule has 3 N–H and O–H groups in total. The number of nitrogens with one attached hydrogen (secondary N) is 1. The zero-order valence-electron chi connectivity index (χ0n) is 16.0. The Morgan fingerprint density at radius 3 is 2.39 bits per heavy atom. The third-order valence-corrected chi connectivity index (χ3v) is 6.31. The Hall–Kier alpha value is -2.09. The molecule has 1 aliphatic heterocycles. The van der Waals surface area contributed by atoms with Gasteiger partial charge in [0.15, 0.2) is 0 Å². The first kappa shape index (κ1) is 22.2. The van der Waals surface area contributed by atoms with E-state index >= 15 is 0 Å². The molecule has 0 saturated carbocycles. The van der Waals surface area contributed by atoms with Crippen molar-refractivity contribution >= 4 is 34.0 Å². The summed E-state index contributed by atoms with van der Waals surface area (Å²) in [5.74, 6) is -0.115. The van der Waals surface area contributed by atoms with Crippen LogP contribution in [-0.4, -0.2) is 38.4 Å². The molecule has 1 unspecified atom stereocenters. The zero-order chi connectivity index (χ0) is 19.6. The highest BCUT2D eigenvalue weighted by molar-refractivity contribution is 7.92. The summed E-state index contributed by atoms with van der Waals surface area (Å²) in [5, 5.41) is 0. The average Bonchev–Trinajstić information content (AvgIpc) is 2.64. The number of hydrogen-bond acceptors (Lipinski definition) is 4. The molecule has 0 bridgehead atoms. The first-order valence-electron chi connectivity index (χ1n) is 9.01. The molecule has 6 nitrogen and oxygen atoms in total. The lowest BCUT2D eigenvalue weighted by atomic mass is 10.1. The van der Waals surface area contributed by atoms with Crippen molar-refractivity contribution in [3.8, 4) is 0 Å². The van der Waals surface area contributed by atoms with Gasteiger partial charge in [-0.25, -0.2) is 8.42 Å². The molecule has 0 spiro atoms. The number of carbonyl (C=O) groups excluding carboxylic acids is 1. The summed E-state index contributed by atoms with van der Waals surface area (Å²) >= 11 is 0. The van der Waals surface area contributed by atoms with E-state index in [0.717, 1.165) is 24.0 Å². The van der Waals surface area contributed by atoms with Gasteiger partial charge in [-0.1, -0.05) is 6.07 Å². The SMILES string of the molecule is Cc1ccc(NS(=O)(=O)c2ccc(C(=O)N3CCCC(N)C3)cc2)cc1C.Cl. The van der Waals surface area contributed by atoms with Crippen molar-refractivity contribution in [1.29, 1.82) is 0 Å². The first-order chi connectivity index (χ1) is 12.8. The van der Waals surface area contributed by atoms with Crippen molar-refractivity contribution in [2.45, 2.75) is 37.6 Å². The van der Waals surface area contributed by atoms with E-state index in [9.17, 15) is 13.2 Å². The van der Waals surface area contributed by atoms with E-state index in [0.29, 0.717) is 24.3 Å². The van der Waals surface area contributed by atoms with Crippen LogP contribution >= 0.6 is 12.4 Å². The van der Waals surface area contributed by atoms with Gasteiger partial charge in [0.25, 0.3) is 15.9 Å².